The quantitative estimate of drug-likeness (QED) is 0.190. The van der Waals surface area contributed by atoms with Crippen LogP contribution >= 0.6 is 0 Å². The number of nitrogens with one attached hydrogen (secondary N) is 2. The van der Waals surface area contributed by atoms with E-state index in [2.05, 4.69) is 15.8 Å². The summed E-state index contributed by atoms with van der Waals surface area (Å²) in [5, 5.41) is 6.31. The van der Waals surface area contributed by atoms with Gasteiger partial charge in [-0.15, -0.1) is 0 Å². The Bertz CT molecular complexity index is 1160. The van der Waals surface area contributed by atoms with Crippen LogP contribution < -0.4 is 20.2 Å². The van der Waals surface area contributed by atoms with Crippen LogP contribution in [0.4, 0.5) is 5.69 Å². The van der Waals surface area contributed by atoms with Gasteiger partial charge in [0, 0.05) is 5.69 Å². The number of amides is 2. The molecule has 168 valence electrons. The minimum Gasteiger partial charge on any atom is -0.494 e. The molecule has 0 aromatic heterocycles. The number of para-hydroxylation sites is 1. The molecule has 33 heavy (non-hydrogen) atoms. The smallest absolute Gasteiger partial charge is 0.343 e. The van der Waals surface area contributed by atoms with Crippen LogP contribution in [0.3, 0.4) is 0 Å². The number of benzene rings is 3. The van der Waals surface area contributed by atoms with Gasteiger partial charge in [0.1, 0.15) is 11.5 Å². The van der Waals surface area contributed by atoms with Crippen molar-refractivity contribution in [2.75, 3.05) is 11.9 Å². The third-order valence-electron chi connectivity index (χ3n) is 4.47. The van der Waals surface area contributed by atoms with Crippen molar-refractivity contribution in [3.63, 3.8) is 0 Å². The van der Waals surface area contributed by atoms with Gasteiger partial charge < -0.3 is 14.8 Å². The zero-order valence-electron chi connectivity index (χ0n) is 18.2. The lowest BCUT2D eigenvalue weighted by atomic mass is 10.2. The molecule has 0 radical (unpaired) electrons. The number of hydrazone groups is 1. The number of rotatable bonds is 7. The molecule has 0 aliphatic heterocycles. The second kappa shape index (κ2) is 11.2. The average molecular weight is 445 g/mol. The Morgan fingerprint density at radius 2 is 1.55 bits per heavy atom. The van der Waals surface area contributed by atoms with Gasteiger partial charge in [0.05, 0.1) is 18.4 Å². The van der Waals surface area contributed by atoms with Crippen LogP contribution in [0.1, 0.15) is 28.4 Å². The first-order chi connectivity index (χ1) is 16.0. The predicted molar refractivity (Wildman–Crippen MR) is 125 cm³/mol. The van der Waals surface area contributed by atoms with Gasteiger partial charge in [-0.1, -0.05) is 18.2 Å². The van der Waals surface area contributed by atoms with Gasteiger partial charge >= 0.3 is 17.8 Å². The lowest BCUT2D eigenvalue weighted by Gasteiger charge is -2.07. The monoisotopic (exact) mass is 445 g/mol. The predicted octanol–water partition coefficient (Wildman–Crippen LogP) is 3.70. The normalized spacial score (nSPS) is 10.5. The van der Waals surface area contributed by atoms with Crippen molar-refractivity contribution in [3.8, 4) is 11.5 Å². The van der Waals surface area contributed by atoms with E-state index in [0.29, 0.717) is 34.9 Å². The number of ether oxygens (including phenoxy) is 2. The molecule has 0 spiro atoms. The Kier molecular flexibility index (Phi) is 7.91. The third-order valence-corrected chi connectivity index (χ3v) is 4.47. The fourth-order valence-electron chi connectivity index (χ4n) is 2.75. The Morgan fingerprint density at radius 1 is 0.879 bits per heavy atom. The third kappa shape index (κ3) is 6.76. The van der Waals surface area contributed by atoms with E-state index in [1.807, 2.05) is 26.0 Å². The van der Waals surface area contributed by atoms with Crippen LogP contribution in [0.5, 0.6) is 11.5 Å². The van der Waals surface area contributed by atoms with Crippen LogP contribution in [0.2, 0.25) is 0 Å². The van der Waals surface area contributed by atoms with Crippen molar-refractivity contribution in [2.45, 2.75) is 13.8 Å². The van der Waals surface area contributed by atoms with Gasteiger partial charge in [0.25, 0.3) is 0 Å². The number of aryl methyl sites for hydroxylation is 1. The van der Waals surface area contributed by atoms with Crippen LogP contribution in [-0.4, -0.2) is 30.6 Å². The Morgan fingerprint density at radius 3 is 2.21 bits per heavy atom. The highest BCUT2D eigenvalue weighted by molar-refractivity contribution is 6.39. The second-order valence-corrected chi connectivity index (χ2v) is 6.88. The van der Waals surface area contributed by atoms with Crippen LogP contribution in [0, 0.1) is 6.92 Å². The molecule has 2 amide bonds. The molecule has 0 saturated carbocycles. The molecule has 0 heterocycles. The maximum absolute atomic E-state index is 12.3. The molecule has 3 rings (SSSR count). The maximum atomic E-state index is 12.3. The molecule has 3 aromatic carbocycles. The Balaban J connectivity index is 1.50. The van der Waals surface area contributed by atoms with Crippen molar-refractivity contribution in [1.82, 2.24) is 5.43 Å². The summed E-state index contributed by atoms with van der Waals surface area (Å²) in [6.07, 6.45) is 1.37. The molecule has 8 nitrogen and oxygen atoms in total. The first kappa shape index (κ1) is 23.2. The minimum absolute atomic E-state index is 0.354. The summed E-state index contributed by atoms with van der Waals surface area (Å²) in [5.41, 5.74) is 4.60. The summed E-state index contributed by atoms with van der Waals surface area (Å²) in [7, 11) is 0. The van der Waals surface area contributed by atoms with Crippen LogP contribution in [-0.2, 0) is 9.59 Å². The first-order valence-electron chi connectivity index (χ1n) is 10.2. The van der Waals surface area contributed by atoms with Crippen molar-refractivity contribution >= 4 is 29.7 Å². The van der Waals surface area contributed by atoms with Gasteiger partial charge in [-0.25, -0.2) is 10.2 Å². The largest absolute Gasteiger partial charge is 0.494 e. The molecular weight excluding hydrogens is 422 g/mol. The summed E-state index contributed by atoms with van der Waals surface area (Å²) in [4.78, 5) is 36.1. The fourth-order valence-corrected chi connectivity index (χ4v) is 2.75. The molecule has 0 aliphatic rings. The summed E-state index contributed by atoms with van der Waals surface area (Å²) in [5.74, 6) is -1.18. The van der Waals surface area contributed by atoms with Crippen molar-refractivity contribution in [2.24, 2.45) is 5.10 Å². The molecule has 0 fully saturated rings. The van der Waals surface area contributed by atoms with Crippen molar-refractivity contribution in [3.05, 3.63) is 89.5 Å². The number of hydrogen-bond donors (Lipinski definition) is 2. The Labute approximate surface area is 191 Å². The first-order valence-corrected chi connectivity index (χ1v) is 10.2. The highest BCUT2D eigenvalue weighted by atomic mass is 16.5. The topological polar surface area (TPSA) is 106 Å². The zero-order chi connectivity index (χ0) is 23.6. The van der Waals surface area contributed by atoms with E-state index in [-0.39, 0.29) is 0 Å². The maximum Gasteiger partial charge on any atom is 0.343 e. The molecule has 0 atom stereocenters. The van der Waals surface area contributed by atoms with Gasteiger partial charge in [0.15, 0.2) is 0 Å². The van der Waals surface area contributed by atoms with Crippen LogP contribution in [0.15, 0.2) is 77.9 Å². The van der Waals surface area contributed by atoms with Gasteiger partial charge in [-0.3, -0.25) is 9.59 Å². The van der Waals surface area contributed by atoms with E-state index in [1.54, 1.807) is 60.7 Å². The summed E-state index contributed by atoms with van der Waals surface area (Å²) in [6, 6.07) is 20.3. The lowest BCUT2D eigenvalue weighted by molar-refractivity contribution is -0.136. The zero-order valence-corrected chi connectivity index (χ0v) is 18.2. The van der Waals surface area contributed by atoms with Gasteiger partial charge in [-0.2, -0.15) is 5.10 Å². The molecule has 2 N–H and O–H groups in total. The molecule has 0 unspecified atom stereocenters. The summed E-state index contributed by atoms with van der Waals surface area (Å²) in [6.45, 7) is 4.25. The highest BCUT2D eigenvalue weighted by Gasteiger charge is 2.13. The van der Waals surface area contributed by atoms with E-state index in [9.17, 15) is 14.4 Å². The SMILES string of the molecule is CCOc1ccc(C(=O)Oc2ccc(/C=N\NC(=O)C(=O)Nc3ccccc3C)cc2)cc1. The lowest BCUT2D eigenvalue weighted by Crippen LogP contribution is -2.32. The van der Waals surface area contributed by atoms with Gasteiger partial charge in [0.2, 0.25) is 0 Å². The number of hydrogen-bond acceptors (Lipinski definition) is 6. The van der Waals surface area contributed by atoms with E-state index < -0.39 is 17.8 Å². The van der Waals surface area contributed by atoms with E-state index >= 15 is 0 Å². The second-order valence-electron chi connectivity index (χ2n) is 6.88. The molecule has 0 saturated heterocycles. The molecule has 8 heteroatoms. The number of carbonyl (C=O) groups excluding carboxylic acids is 3. The molecule has 0 aliphatic carbocycles. The highest BCUT2D eigenvalue weighted by Crippen LogP contribution is 2.16. The molecule has 3 aromatic rings. The number of carbonyl (C=O) groups is 3. The fraction of sp³-hybridized carbons (Fsp3) is 0.120. The van der Waals surface area contributed by atoms with E-state index in [4.69, 9.17) is 9.47 Å². The number of esters is 1. The average Bonchev–Trinajstić information content (AvgIpc) is 2.82. The van der Waals surface area contributed by atoms with Gasteiger partial charge in [-0.05, 0) is 79.6 Å². The standard InChI is InChI=1S/C25H23N3O5/c1-3-32-20-14-10-19(11-15-20)25(31)33-21-12-8-18(9-13-21)16-26-28-24(30)23(29)27-22-7-5-4-6-17(22)2/h4-16H,3H2,1-2H3,(H,27,29)(H,28,30)/b26-16-. The number of nitrogens with zero attached hydrogens (tertiary/aromatic N) is 1. The summed E-state index contributed by atoms with van der Waals surface area (Å²) < 4.78 is 10.7. The van der Waals surface area contributed by atoms with E-state index in [1.165, 1.54) is 6.21 Å². The van der Waals surface area contributed by atoms with Crippen molar-refractivity contribution in [1.29, 1.82) is 0 Å². The van der Waals surface area contributed by atoms with E-state index in [0.717, 1.165) is 5.56 Å². The number of anilines is 1. The summed E-state index contributed by atoms with van der Waals surface area (Å²) >= 11 is 0. The molecule has 0 bridgehead atoms. The minimum atomic E-state index is -0.893. The van der Waals surface area contributed by atoms with Crippen LogP contribution in [0.25, 0.3) is 0 Å². The molecular formula is C25H23N3O5. The van der Waals surface area contributed by atoms with Crippen molar-refractivity contribution < 1.29 is 23.9 Å². The Hall–Kier alpha value is -4.46.